The van der Waals surface area contributed by atoms with Crippen molar-refractivity contribution in [2.45, 2.75) is 20.4 Å². The van der Waals surface area contributed by atoms with Gasteiger partial charge >= 0.3 is 0 Å². The average Bonchev–Trinajstić information content (AvgIpc) is 3.21. The summed E-state index contributed by atoms with van der Waals surface area (Å²) in [6, 6.07) is 13.8. The zero-order chi connectivity index (χ0) is 21.1. The quantitative estimate of drug-likeness (QED) is 0.437. The Morgan fingerprint density at radius 2 is 1.90 bits per heavy atom. The molecule has 0 aliphatic heterocycles. The number of hydrogen-bond donors (Lipinski definition) is 0. The van der Waals surface area contributed by atoms with Crippen LogP contribution in [0.5, 0.6) is 5.75 Å². The molecule has 2 aromatic heterocycles. The van der Waals surface area contributed by atoms with Gasteiger partial charge in [0, 0.05) is 12.4 Å². The lowest BCUT2D eigenvalue weighted by Crippen LogP contribution is -2.34. The number of rotatable bonds is 6. The van der Waals surface area contributed by atoms with Gasteiger partial charge in [-0.3, -0.25) is 14.7 Å². The van der Waals surface area contributed by atoms with Crippen LogP contribution in [-0.4, -0.2) is 22.5 Å². The molecule has 152 valence electrons. The van der Waals surface area contributed by atoms with Crippen molar-refractivity contribution < 1.29 is 13.9 Å². The number of hydrogen-bond acceptors (Lipinski definition) is 5. The number of anilines is 1. The number of ether oxygens (including phenoxy) is 1. The predicted octanol–water partition coefficient (Wildman–Crippen LogP) is 5.06. The lowest BCUT2D eigenvalue weighted by molar-refractivity contribution is -0.120. The van der Waals surface area contributed by atoms with E-state index >= 15 is 0 Å². The molecule has 0 spiro atoms. The van der Waals surface area contributed by atoms with Gasteiger partial charge in [0.25, 0.3) is 5.91 Å². The van der Waals surface area contributed by atoms with E-state index in [9.17, 15) is 9.18 Å². The number of benzene rings is 2. The second-order valence-electron chi connectivity index (χ2n) is 6.93. The van der Waals surface area contributed by atoms with Gasteiger partial charge < -0.3 is 4.74 Å². The van der Waals surface area contributed by atoms with Gasteiger partial charge in [0.2, 0.25) is 0 Å². The zero-order valence-corrected chi connectivity index (χ0v) is 17.4. The summed E-state index contributed by atoms with van der Waals surface area (Å²) in [5.41, 5.74) is 3.91. The van der Waals surface area contributed by atoms with Crippen LogP contribution in [0.15, 0.2) is 60.9 Å². The molecule has 0 bridgehead atoms. The van der Waals surface area contributed by atoms with Crippen LogP contribution in [0.4, 0.5) is 9.52 Å². The molecule has 0 fully saturated rings. The summed E-state index contributed by atoms with van der Waals surface area (Å²) in [4.78, 5) is 23.5. The minimum atomic E-state index is -0.504. The molecule has 0 N–H and O–H groups in total. The first-order chi connectivity index (χ1) is 14.5. The Bertz CT molecular complexity index is 1150. The molecule has 0 aliphatic rings. The minimum Gasteiger partial charge on any atom is -0.481 e. The highest BCUT2D eigenvalue weighted by Crippen LogP contribution is 2.34. The molecule has 0 atom stereocenters. The third kappa shape index (κ3) is 4.16. The van der Waals surface area contributed by atoms with Gasteiger partial charge in [0.05, 0.1) is 16.8 Å². The summed E-state index contributed by atoms with van der Waals surface area (Å²) in [6.07, 6.45) is 3.39. The molecule has 2 heterocycles. The van der Waals surface area contributed by atoms with E-state index in [0.717, 1.165) is 26.9 Å². The fraction of sp³-hybridized carbons (Fsp3) is 0.174. The topological polar surface area (TPSA) is 55.3 Å². The monoisotopic (exact) mass is 421 g/mol. The number of thiazole rings is 1. The number of fused-ring (bicyclic) bond motifs is 1. The van der Waals surface area contributed by atoms with Crippen LogP contribution < -0.4 is 9.64 Å². The maximum Gasteiger partial charge on any atom is 0.267 e. The second-order valence-corrected chi connectivity index (χ2v) is 7.91. The van der Waals surface area contributed by atoms with Crippen LogP contribution in [-0.2, 0) is 11.3 Å². The molecule has 4 aromatic rings. The number of aryl methyl sites for hydroxylation is 2. The fourth-order valence-corrected chi connectivity index (χ4v) is 4.21. The van der Waals surface area contributed by atoms with Crippen molar-refractivity contribution in [2.75, 3.05) is 11.5 Å². The molecule has 30 heavy (non-hydrogen) atoms. The normalized spacial score (nSPS) is 10.9. The van der Waals surface area contributed by atoms with E-state index in [1.165, 1.54) is 23.5 Å². The van der Waals surface area contributed by atoms with Gasteiger partial charge in [0.15, 0.2) is 23.3 Å². The molecule has 0 saturated heterocycles. The zero-order valence-electron chi connectivity index (χ0n) is 16.6. The first kappa shape index (κ1) is 20.0. The molecule has 7 heteroatoms. The Balaban J connectivity index is 1.66. The van der Waals surface area contributed by atoms with Gasteiger partial charge in [-0.25, -0.2) is 9.37 Å². The standard InChI is InChI=1S/C23H20FN3O2S/c1-15-9-10-16(2)22-21(15)26-23(30-22)27(13-17-6-5-11-25-12-17)20(28)14-29-19-8-4-3-7-18(19)24/h3-12H,13-14H2,1-2H3. The summed E-state index contributed by atoms with van der Waals surface area (Å²) in [5, 5.41) is 0.577. The molecular formula is C23H20FN3O2S. The average molecular weight is 421 g/mol. The van der Waals surface area contributed by atoms with Gasteiger partial charge in [0.1, 0.15) is 0 Å². The van der Waals surface area contributed by atoms with E-state index in [1.807, 2.05) is 38.1 Å². The van der Waals surface area contributed by atoms with E-state index in [0.29, 0.717) is 11.7 Å². The van der Waals surface area contributed by atoms with Crippen molar-refractivity contribution in [3.05, 3.63) is 83.4 Å². The van der Waals surface area contributed by atoms with Crippen LogP contribution in [0.1, 0.15) is 16.7 Å². The van der Waals surface area contributed by atoms with Gasteiger partial charge in [-0.1, -0.05) is 41.7 Å². The minimum absolute atomic E-state index is 0.0446. The van der Waals surface area contributed by atoms with E-state index in [1.54, 1.807) is 29.4 Å². The van der Waals surface area contributed by atoms with Crippen LogP contribution in [0.3, 0.4) is 0 Å². The molecule has 1 amide bonds. The summed E-state index contributed by atoms with van der Waals surface area (Å²) < 4.78 is 20.4. The van der Waals surface area contributed by atoms with Crippen molar-refractivity contribution in [1.29, 1.82) is 0 Å². The summed E-state index contributed by atoms with van der Waals surface area (Å²) in [6.45, 7) is 4.03. The Morgan fingerprint density at radius 1 is 1.10 bits per heavy atom. The van der Waals surface area contributed by atoms with E-state index in [2.05, 4.69) is 4.98 Å². The number of aromatic nitrogens is 2. The van der Waals surface area contributed by atoms with E-state index < -0.39 is 5.82 Å². The van der Waals surface area contributed by atoms with Gasteiger partial charge in [-0.15, -0.1) is 0 Å². The summed E-state index contributed by atoms with van der Waals surface area (Å²) in [5.74, 6) is -0.769. The molecule has 0 aliphatic carbocycles. The third-order valence-corrected chi connectivity index (χ3v) is 5.93. The number of amides is 1. The Kier molecular flexibility index (Phi) is 5.72. The van der Waals surface area contributed by atoms with Crippen LogP contribution in [0.2, 0.25) is 0 Å². The number of halogens is 1. The van der Waals surface area contributed by atoms with Crippen molar-refractivity contribution in [3.8, 4) is 5.75 Å². The lowest BCUT2D eigenvalue weighted by Gasteiger charge is -2.20. The summed E-state index contributed by atoms with van der Waals surface area (Å²) in [7, 11) is 0. The predicted molar refractivity (Wildman–Crippen MR) is 116 cm³/mol. The molecule has 0 radical (unpaired) electrons. The van der Waals surface area contributed by atoms with Crippen molar-refractivity contribution in [3.63, 3.8) is 0 Å². The summed E-state index contributed by atoms with van der Waals surface area (Å²) >= 11 is 1.46. The van der Waals surface area contributed by atoms with Gasteiger partial charge in [-0.2, -0.15) is 0 Å². The van der Waals surface area contributed by atoms with Crippen LogP contribution >= 0.6 is 11.3 Å². The largest absolute Gasteiger partial charge is 0.481 e. The van der Waals surface area contributed by atoms with E-state index in [4.69, 9.17) is 9.72 Å². The lowest BCUT2D eigenvalue weighted by atomic mass is 10.1. The number of carbonyl (C=O) groups excluding carboxylic acids is 1. The number of pyridine rings is 1. The maximum atomic E-state index is 13.9. The smallest absolute Gasteiger partial charge is 0.267 e. The number of nitrogens with zero attached hydrogens (tertiary/aromatic N) is 3. The molecule has 0 unspecified atom stereocenters. The molecule has 5 nitrogen and oxygen atoms in total. The maximum absolute atomic E-state index is 13.9. The highest BCUT2D eigenvalue weighted by Gasteiger charge is 2.22. The Morgan fingerprint density at radius 3 is 2.63 bits per heavy atom. The first-order valence-electron chi connectivity index (χ1n) is 9.46. The fourth-order valence-electron chi connectivity index (χ4n) is 3.08. The molecule has 0 saturated carbocycles. The number of para-hydroxylation sites is 1. The third-order valence-electron chi connectivity index (χ3n) is 4.71. The second kappa shape index (κ2) is 8.59. The highest BCUT2D eigenvalue weighted by atomic mass is 32.1. The van der Waals surface area contributed by atoms with Crippen molar-refractivity contribution in [2.24, 2.45) is 0 Å². The van der Waals surface area contributed by atoms with Crippen molar-refractivity contribution >= 4 is 32.6 Å². The molecular weight excluding hydrogens is 401 g/mol. The SMILES string of the molecule is Cc1ccc(C)c2sc(N(Cc3cccnc3)C(=O)COc3ccccc3F)nc12. The molecule has 2 aromatic carbocycles. The highest BCUT2D eigenvalue weighted by molar-refractivity contribution is 7.22. The van der Waals surface area contributed by atoms with Crippen molar-refractivity contribution in [1.82, 2.24) is 9.97 Å². The van der Waals surface area contributed by atoms with Gasteiger partial charge in [-0.05, 0) is 48.7 Å². The van der Waals surface area contributed by atoms with Crippen LogP contribution in [0, 0.1) is 19.7 Å². The Hall–Kier alpha value is -3.32. The number of carbonyl (C=O) groups is 1. The molecule has 4 rings (SSSR count). The van der Waals surface area contributed by atoms with Crippen LogP contribution in [0.25, 0.3) is 10.2 Å². The van der Waals surface area contributed by atoms with E-state index in [-0.39, 0.29) is 18.3 Å². The Labute approximate surface area is 177 Å². The first-order valence-corrected chi connectivity index (χ1v) is 10.3.